The van der Waals surface area contributed by atoms with Crippen LogP contribution in [-0.4, -0.2) is 14.8 Å². The summed E-state index contributed by atoms with van der Waals surface area (Å²) in [6, 6.07) is 19.0. The molecule has 3 rings (SSSR count). The van der Waals surface area contributed by atoms with Gasteiger partial charge in [-0.05, 0) is 24.6 Å². The first-order valence-electron chi connectivity index (χ1n) is 7.47. The van der Waals surface area contributed by atoms with Gasteiger partial charge in [0.05, 0.1) is 5.75 Å². The lowest BCUT2D eigenvalue weighted by Crippen LogP contribution is -1.97. The van der Waals surface area contributed by atoms with E-state index in [1.807, 2.05) is 13.1 Å². The quantitative estimate of drug-likeness (QED) is 0.608. The van der Waals surface area contributed by atoms with Crippen molar-refractivity contribution in [3.05, 3.63) is 71.5 Å². The third-order valence-electron chi connectivity index (χ3n) is 3.52. The minimum absolute atomic E-state index is 0.832. The van der Waals surface area contributed by atoms with Crippen LogP contribution < -0.4 is 0 Å². The molecule has 118 valence electrons. The Morgan fingerprint density at radius 3 is 2.35 bits per heavy atom. The van der Waals surface area contributed by atoms with Crippen molar-refractivity contribution in [2.45, 2.75) is 28.5 Å². The molecule has 0 radical (unpaired) electrons. The van der Waals surface area contributed by atoms with Gasteiger partial charge < -0.3 is 4.57 Å². The second-order valence-corrected chi connectivity index (χ2v) is 7.33. The van der Waals surface area contributed by atoms with E-state index in [0.29, 0.717) is 0 Å². The molecule has 3 aromatic rings. The van der Waals surface area contributed by atoms with Crippen molar-refractivity contribution in [3.8, 4) is 0 Å². The third-order valence-corrected chi connectivity index (χ3v) is 5.62. The van der Waals surface area contributed by atoms with E-state index in [0.717, 1.165) is 22.5 Å². The highest BCUT2D eigenvalue weighted by Gasteiger charge is 2.09. The van der Waals surface area contributed by atoms with Crippen LogP contribution >= 0.6 is 23.5 Å². The zero-order chi connectivity index (χ0) is 16.1. The van der Waals surface area contributed by atoms with Crippen molar-refractivity contribution in [1.82, 2.24) is 14.8 Å². The van der Waals surface area contributed by atoms with Crippen molar-refractivity contribution in [3.63, 3.8) is 0 Å². The van der Waals surface area contributed by atoms with Crippen molar-refractivity contribution in [2.24, 2.45) is 7.05 Å². The first-order chi connectivity index (χ1) is 11.2. The standard InChI is InChI=1S/C18H19N3S2/c1-14-8-10-16(11-9-14)22-13-17-19-20-18(21(17)2)23-12-15-6-4-3-5-7-15/h3-11H,12-13H2,1-2H3. The molecule has 23 heavy (non-hydrogen) atoms. The molecule has 0 spiro atoms. The summed E-state index contributed by atoms with van der Waals surface area (Å²) in [5.74, 6) is 2.75. The number of aryl methyl sites for hydroxylation is 1. The predicted molar refractivity (Wildman–Crippen MR) is 97.7 cm³/mol. The van der Waals surface area contributed by atoms with Gasteiger partial charge in [0.1, 0.15) is 5.82 Å². The average Bonchev–Trinajstić information content (AvgIpc) is 2.93. The third kappa shape index (κ3) is 4.39. The van der Waals surface area contributed by atoms with Crippen molar-refractivity contribution < 1.29 is 0 Å². The van der Waals surface area contributed by atoms with Crippen LogP contribution in [-0.2, 0) is 18.6 Å². The molecule has 0 saturated heterocycles. The minimum Gasteiger partial charge on any atom is -0.308 e. The molecule has 0 atom stereocenters. The number of hydrogen-bond donors (Lipinski definition) is 0. The Bertz CT molecular complexity index is 752. The van der Waals surface area contributed by atoms with E-state index in [-0.39, 0.29) is 0 Å². The van der Waals surface area contributed by atoms with Crippen LogP contribution in [0.3, 0.4) is 0 Å². The summed E-state index contributed by atoms with van der Waals surface area (Å²) in [5, 5.41) is 9.62. The molecule has 0 amide bonds. The van der Waals surface area contributed by atoms with Gasteiger partial charge in [-0.15, -0.1) is 22.0 Å². The van der Waals surface area contributed by atoms with Gasteiger partial charge in [-0.1, -0.05) is 59.8 Å². The van der Waals surface area contributed by atoms with Crippen LogP contribution in [0.1, 0.15) is 17.0 Å². The van der Waals surface area contributed by atoms with Gasteiger partial charge in [-0.25, -0.2) is 0 Å². The lowest BCUT2D eigenvalue weighted by atomic mass is 10.2. The summed E-state index contributed by atoms with van der Waals surface area (Å²) in [6.45, 7) is 2.10. The van der Waals surface area contributed by atoms with Crippen molar-refractivity contribution >= 4 is 23.5 Å². The Morgan fingerprint density at radius 1 is 0.870 bits per heavy atom. The van der Waals surface area contributed by atoms with Crippen LogP contribution in [0, 0.1) is 6.92 Å². The number of aromatic nitrogens is 3. The van der Waals surface area contributed by atoms with Gasteiger partial charge in [0.15, 0.2) is 5.16 Å². The smallest absolute Gasteiger partial charge is 0.191 e. The zero-order valence-electron chi connectivity index (χ0n) is 13.3. The second-order valence-electron chi connectivity index (χ2n) is 5.33. The maximum atomic E-state index is 4.33. The van der Waals surface area contributed by atoms with Crippen LogP contribution in [0.2, 0.25) is 0 Å². The Kier molecular flexibility index (Phi) is 5.41. The number of benzene rings is 2. The second kappa shape index (κ2) is 7.70. The maximum Gasteiger partial charge on any atom is 0.191 e. The summed E-state index contributed by atoms with van der Waals surface area (Å²) in [5.41, 5.74) is 2.59. The molecule has 0 aliphatic carbocycles. The first kappa shape index (κ1) is 16.1. The number of nitrogens with zero attached hydrogens (tertiary/aromatic N) is 3. The summed E-state index contributed by atoms with van der Waals surface area (Å²) in [7, 11) is 2.04. The Balaban J connectivity index is 1.59. The van der Waals surface area contributed by atoms with Crippen molar-refractivity contribution in [1.29, 1.82) is 0 Å². The highest BCUT2D eigenvalue weighted by atomic mass is 32.2. The van der Waals surface area contributed by atoms with Crippen LogP contribution in [0.4, 0.5) is 0 Å². The summed E-state index contributed by atoms with van der Waals surface area (Å²) < 4.78 is 2.09. The van der Waals surface area contributed by atoms with Gasteiger partial charge in [-0.3, -0.25) is 0 Å². The first-order valence-corrected chi connectivity index (χ1v) is 9.44. The summed E-state index contributed by atoms with van der Waals surface area (Å²) in [6.07, 6.45) is 0. The molecule has 0 fully saturated rings. The summed E-state index contributed by atoms with van der Waals surface area (Å²) >= 11 is 3.52. The van der Waals surface area contributed by atoms with Gasteiger partial charge in [0, 0.05) is 17.7 Å². The van der Waals surface area contributed by atoms with E-state index in [1.165, 1.54) is 16.0 Å². The molecular formula is C18H19N3S2. The van der Waals surface area contributed by atoms with Gasteiger partial charge >= 0.3 is 0 Å². The molecular weight excluding hydrogens is 322 g/mol. The molecule has 0 bridgehead atoms. The SMILES string of the molecule is Cc1ccc(SCc2nnc(SCc3ccccc3)n2C)cc1. The molecule has 5 heteroatoms. The van der Waals surface area contributed by atoms with Crippen LogP contribution in [0.15, 0.2) is 64.6 Å². The van der Waals surface area contributed by atoms with Gasteiger partial charge in [-0.2, -0.15) is 0 Å². The fraction of sp³-hybridized carbons (Fsp3) is 0.222. The molecule has 3 nitrogen and oxygen atoms in total. The minimum atomic E-state index is 0.832. The summed E-state index contributed by atoms with van der Waals surface area (Å²) in [4.78, 5) is 1.26. The highest BCUT2D eigenvalue weighted by Crippen LogP contribution is 2.25. The van der Waals surface area contributed by atoms with E-state index < -0.39 is 0 Å². The molecule has 0 N–H and O–H groups in total. The van der Waals surface area contributed by atoms with E-state index >= 15 is 0 Å². The molecule has 0 aliphatic rings. The van der Waals surface area contributed by atoms with Crippen LogP contribution in [0.5, 0.6) is 0 Å². The Hall–Kier alpha value is -1.72. The molecule has 1 aromatic heterocycles. The lowest BCUT2D eigenvalue weighted by molar-refractivity contribution is 0.761. The van der Waals surface area contributed by atoms with E-state index in [1.54, 1.807) is 23.5 Å². The number of hydrogen-bond acceptors (Lipinski definition) is 4. The molecule has 1 heterocycles. The van der Waals surface area contributed by atoms with E-state index in [9.17, 15) is 0 Å². The lowest BCUT2D eigenvalue weighted by Gasteiger charge is -2.04. The number of rotatable bonds is 6. The average molecular weight is 342 g/mol. The fourth-order valence-electron chi connectivity index (χ4n) is 2.10. The predicted octanol–water partition coefficient (Wildman–Crippen LogP) is 4.71. The topological polar surface area (TPSA) is 30.7 Å². The van der Waals surface area contributed by atoms with E-state index in [2.05, 4.69) is 70.2 Å². The monoisotopic (exact) mass is 341 g/mol. The maximum absolute atomic E-state index is 4.33. The molecule has 0 unspecified atom stereocenters. The molecule has 2 aromatic carbocycles. The van der Waals surface area contributed by atoms with E-state index in [4.69, 9.17) is 0 Å². The van der Waals surface area contributed by atoms with Gasteiger partial charge in [0.2, 0.25) is 0 Å². The molecule has 0 aliphatic heterocycles. The Morgan fingerprint density at radius 2 is 1.61 bits per heavy atom. The largest absolute Gasteiger partial charge is 0.308 e. The van der Waals surface area contributed by atoms with Crippen molar-refractivity contribution in [2.75, 3.05) is 0 Å². The van der Waals surface area contributed by atoms with Crippen LogP contribution in [0.25, 0.3) is 0 Å². The molecule has 0 saturated carbocycles. The Labute approximate surface area is 145 Å². The zero-order valence-corrected chi connectivity index (χ0v) is 14.9. The normalized spacial score (nSPS) is 10.9. The fourth-order valence-corrected chi connectivity index (χ4v) is 3.86. The highest BCUT2D eigenvalue weighted by molar-refractivity contribution is 7.98. The number of thioether (sulfide) groups is 2. The van der Waals surface area contributed by atoms with Gasteiger partial charge in [0.25, 0.3) is 0 Å².